The minimum Gasteiger partial charge on any atom is -0.391 e. The third-order valence-corrected chi connectivity index (χ3v) is 15.0. The third kappa shape index (κ3) is 12.0. The molecule has 3 N–H and O–H groups in total. The number of aromatic nitrogens is 4. The molecule has 1 unspecified atom stereocenters. The number of thiazole rings is 1. The zero-order valence-corrected chi connectivity index (χ0v) is 43.1. The van der Waals surface area contributed by atoms with E-state index in [0.29, 0.717) is 30.4 Å². The minimum atomic E-state index is -0.984. The maximum Gasteiger partial charge on any atom is 0.246 e. The van der Waals surface area contributed by atoms with Crippen molar-refractivity contribution in [2.75, 3.05) is 46.6 Å². The average Bonchev–Trinajstić information content (AvgIpc) is 4.08. The molecule has 1 saturated heterocycles. The van der Waals surface area contributed by atoms with Crippen LogP contribution in [0.15, 0.2) is 59.0 Å². The number of aliphatic hydroxyl groups excluding tert-OH is 1. The van der Waals surface area contributed by atoms with Crippen molar-refractivity contribution in [2.24, 2.45) is 10.4 Å². The van der Waals surface area contributed by atoms with E-state index in [1.165, 1.54) is 4.90 Å². The second-order valence-electron chi connectivity index (χ2n) is 18.8. The number of carbonyl (C=O) groups is 4. The van der Waals surface area contributed by atoms with Crippen LogP contribution in [0.25, 0.3) is 15.4 Å². The van der Waals surface area contributed by atoms with Crippen LogP contribution in [-0.2, 0) is 28.7 Å². The lowest BCUT2D eigenvalue weighted by Gasteiger charge is -2.35. The van der Waals surface area contributed by atoms with E-state index in [9.17, 15) is 24.3 Å². The fraction of sp³-hybridized carbons (Fsp3) is 0.480. The number of carbonyl (C=O) groups excluding carboxylic acids is 4. The number of benzene rings is 2. The number of aryl methyl sites for hydroxylation is 3. The standard InChI is InChI=1S/C50H62ClN9O7S2/c1-28-31(4)69-49-42(28)43(34-15-17-36(51)18-16-34)54-38(46-57-56-32(5)60(46)49)24-41(63)58(9)19-22-66-20-10-21-67-26-40(62)55-45(50(6,7)8)48(65)59-25-37(61)23-39(59)47(64)53-29(2)33-11-13-35(14-12-33)44-30(3)52-27-68-44/h11-18,27,29,37-39,45,61H,10,19-26H2,1-9H3,(H,53,64)(H,55,62)/t29-,37+,38?,39-,45+/m0/s1. The van der Waals surface area contributed by atoms with Crippen LogP contribution in [-0.4, -0.2) is 129 Å². The fourth-order valence-corrected chi connectivity index (χ4v) is 10.7. The maximum absolute atomic E-state index is 14.1. The smallest absolute Gasteiger partial charge is 0.246 e. The number of hydrogen-bond acceptors (Lipinski definition) is 13. The Kier molecular flexibility index (Phi) is 16.5. The number of ether oxygens (including phenoxy) is 2. The van der Waals surface area contributed by atoms with Gasteiger partial charge in [0, 0.05) is 60.8 Å². The van der Waals surface area contributed by atoms with Crippen molar-refractivity contribution in [1.29, 1.82) is 0 Å². The number of rotatable bonds is 18. The molecule has 2 aliphatic heterocycles. The summed E-state index contributed by atoms with van der Waals surface area (Å²) in [7, 11) is 1.73. The first-order chi connectivity index (χ1) is 32.8. The van der Waals surface area contributed by atoms with Crippen molar-refractivity contribution >= 4 is 63.6 Å². The number of amides is 4. The Hall–Kier alpha value is -5.37. The molecule has 0 spiro atoms. The largest absolute Gasteiger partial charge is 0.391 e. The molecule has 5 aromatic rings. The summed E-state index contributed by atoms with van der Waals surface area (Å²) >= 11 is 9.48. The molecular formula is C50H62ClN9O7S2. The molecule has 0 aliphatic carbocycles. The number of nitrogens with one attached hydrogen (secondary N) is 2. The molecule has 1 fully saturated rings. The van der Waals surface area contributed by atoms with Gasteiger partial charge in [-0.1, -0.05) is 68.8 Å². The van der Waals surface area contributed by atoms with Crippen LogP contribution in [0.4, 0.5) is 0 Å². The predicted octanol–water partition coefficient (Wildman–Crippen LogP) is 6.87. The normalized spacial score (nSPS) is 17.6. The number of thiophene rings is 1. The molecule has 5 atom stereocenters. The molecule has 0 radical (unpaired) electrons. The Labute approximate surface area is 416 Å². The van der Waals surface area contributed by atoms with Crippen LogP contribution in [0.3, 0.4) is 0 Å². The third-order valence-electron chi connectivity index (χ3n) is 12.6. The topological polar surface area (TPSA) is 193 Å². The van der Waals surface area contributed by atoms with Gasteiger partial charge in [-0.3, -0.25) is 28.7 Å². The lowest BCUT2D eigenvalue weighted by atomic mass is 9.85. The Morgan fingerprint density at radius 3 is 2.33 bits per heavy atom. The second-order valence-corrected chi connectivity index (χ2v) is 21.3. The molecule has 16 nitrogen and oxygen atoms in total. The summed E-state index contributed by atoms with van der Waals surface area (Å²) in [5.74, 6) is -0.109. The van der Waals surface area contributed by atoms with E-state index in [4.69, 9.17) is 26.1 Å². The van der Waals surface area contributed by atoms with E-state index in [-0.39, 0.29) is 57.1 Å². The molecule has 69 heavy (non-hydrogen) atoms. The van der Waals surface area contributed by atoms with Crippen LogP contribution in [0.1, 0.15) is 104 Å². The van der Waals surface area contributed by atoms with E-state index < -0.39 is 41.5 Å². The van der Waals surface area contributed by atoms with Crippen molar-refractivity contribution in [3.05, 3.63) is 104 Å². The van der Waals surface area contributed by atoms with Crippen molar-refractivity contribution < 1.29 is 33.8 Å². The first kappa shape index (κ1) is 51.5. The van der Waals surface area contributed by atoms with Crippen LogP contribution in [0.2, 0.25) is 5.02 Å². The highest BCUT2D eigenvalue weighted by Crippen LogP contribution is 2.40. The van der Waals surface area contributed by atoms with Gasteiger partial charge in [-0.05, 0) is 75.3 Å². The Morgan fingerprint density at radius 1 is 0.957 bits per heavy atom. The van der Waals surface area contributed by atoms with Gasteiger partial charge in [0.25, 0.3) is 0 Å². The molecule has 7 rings (SSSR count). The summed E-state index contributed by atoms with van der Waals surface area (Å²) in [6.45, 7) is 16.3. The van der Waals surface area contributed by atoms with Gasteiger partial charge in [0.2, 0.25) is 23.6 Å². The van der Waals surface area contributed by atoms with Crippen molar-refractivity contribution in [2.45, 2.75) is 105 Å². The molecule has 2 aromatic carbocycles. The summed E-state index contributed by atoms with van der Waals surface area (Å²) in [4.78, 5) is 69.4. The van der Waals surface area contributed by atoms with Crippen molar-refractivity contribution in [3.8, 4) is 15.4 Å². The quantitative estimate of drug-likeness (QED) is 0.0781. The number of halogens is 1. The molecule has 368 valence electrons. The van der Waals surface area contributed by atoms with Gasteiger partial charge >= 0.3 is 0 Å². The molecule has 19 heteroatoms. The van der Waals surface area contributed by atoms with Gasteiger partial charge in [0.05, 0.1) is 47.0 Å². The highest BCUT2D eigenvalue weighted by Gasteiger charge is 2.45. The average molecular weight is 1000 g/mol. The van der Waals surface area contributed by atoms with Gasteiger partial charge in [-0.15, -0.1) is 32.9 Å². The molecule has 0 bridgehead atoms. The van der Waals surface area contributed by atoms with E-state index in [1.807, 2.05) is 100 Å². The summed E-state index contributed by atoms with van der Waals surface area (Å²) in [6.07, 6.45) is -0.236. The summed E-state index contributed by atoms with van der Waals surface area (Å²) in [5.41, 5.74) is 7.78. The van der Waals surface area contributed by atoms with E-state index >= 15 is 0 Å². The first-order valence-corrected chi connectivity index (χ1v) is 25.2. The highest BCUT2D eigenvalue weighted by molar-refractivity contribution is 7.15. The number of fused-ring (bicyclic) bond motifs is 3. The second kappa shape index (κ2) is 22.2. The van der Waals surface area contributed by atoms with Crippen LogP contribution >= 0.6 is 34.3 Å². The lowest BCUT2D eigenvalue weighted by Crippen LogP contribution is -2.58. The van der Waals surface area contributed by atoms with Gasteiger partial charge in [0.15, 0.2) is 5.82 Å². The summed E-state index contributed by atoms with van der Waals surface area (Å²) in [6, 6.07) is 12.6. The molecule has 4 amide bonds. The first-order valence-electron chi connectivity index (χ1n) is 23.2. The minimum absolute atomic E-state index is 0.0299. The molecule has 5 heterocycles. The number of aliphatic imine (C=N–C) groups is 1. The van der Waals surface area contributed by atoms with E-state index in [2.05, 4.69) is 39.7 Å². The predicted molar refractivity (Wildman–Crippen MR) is 268 cm³/mol. The van der Waals surface area contributed by atoms with Gasteiger partial charge < -0.3 is 35.0 Å². The number of aliphatic hydroxyl groups is 1. The van der Waals surface area contributed by atoms with E-state index in [0.717, 1.165) is 59.8 Å². The molecule has 3 aromatic heterocycles. The molecule has 0 saturated carbocycles. The number of nitrogens with zero attached hydrogens (tertiary/aromatic N) is 7. The maximum atomic E-state index is 14.1. The Bertz CT molecular complexity index is 2670. The number of hydrogen-bond donors (Lipinski definition) is 3. The van der Waals surface area contributed by atoms with Crippen LogP contribution < -0.4 is 10.6 Å². The van der Waals surface area contributed by atoms with Crippen molar-refractivity contribution in [3.63, 3.8) is 0 Å². The van der Waals surface area contributed by atoms with Crippen molar-refractivity contribution in [1.82, 2.24) is 40.2 Å². The number of likely N-dealkylation sites (tertiary alicyclic amines) is 1. The zero-order valence-electron chi connectivity index (χ0n) is 40.7. The highest BCUT2D eigenvalue weighted by atomic mass is 35.5. The Balaban J connectivity index is 0.853. The van der Waals surface area contributed by atoms with Crippen LogP contribution in [0.5, 0.6) is 0 Å². The number of likely N-dealkylation sites (N-methyl/N-ethyl adjacent to an activating group) is 1. The van der Waals surface area contributed by atoms with Gasteiger partial charge in [-0.2, -0.15) is 0 Å². The number of β-amino-alcohol motifs (C(OH)–C–C–N with tert-alkyl or cyclic N) is 1. The monoisotopic (exact) mass is 999 g/mol. The summed E-state index contributed by atoms with van der Waals surface area (Å²) in [5, 5.41) is 27.0. The van der Waals surface area contributed by atoms with E-state index in [1.54, 1.807) is 34.6 Å². The fourth-order valence-electron chi connectivity index (χ4n) is 8.53. The van der Waals surface area contributed by atoms with Gasteiger partial charge in [0.1, 0.15) is 35.6 Å². The van der Waals surface area contributed by atoms with Gasteiger partial charge in [-0.25, -0.2) is 4.98 Å². The van der Waals surface area contributed by atoms with Crippen LogP contribution in [0, 0.1) is 33.1 Å². The zero-order chi connectivity index (χ0) is 49.7. The SMILES string of the molecule is Cc1ncsc1-c1ccc([C@H](C)NC(=O)[C@@H]2C[C@@H](O)CN2C(=O)[C@@H](NC(=O)COCCCOCCN(C)C(=O)CC2N=C(c3ccc(Cl)cc3)c3c(sc(C)c3C)-n3c(C)nnc32)C(C)(C)C)cc1. The Morgan fingerprint density at radius 2 is 1.65 bits per heavy atom. The summed E-state index contributed by atoms with van der Waals surface area (Å²) < 4.78 is 13.5. The molecule has 2 aliphatic rings. The molecular weight excluding hydrogens is 938 g/mol. The lowest BCUT2D eigenvalue weighted by molar-refractivity contribution is -0.144.